The van der Waals surface area contributed by atoms with Crippen LogP contribution < -0.4 is 5.32 Å². The summed E-state index contributed by atoms with van der Waals surface area (Å²) in [5, 5.41) is 12.9. The van der Waals surface area contributed by atoms with E-state index >= 15 is 0 Å². The summed E-state index contributed by atoms with van der Waals surface area (Å²) in [4.78, 5) is 21.2. The first-order chi connectivity index (χ1) is 7.66. The van der Waals surface area contributed by atoms with Gasteiger partial charge in [0.2, 0.25) is 0 Å². The topological polar surface area (TPSA) is 94.6 Å². The van der Waals surface area contributed by atoms with E-state index in [1.807, 2.05) is 0 Å². The minimum absolute atomic E-state index is 0.0813. The van der Waals surface area contributed by atoms with E-state index in [1.54, 1.807) is 0 Å². The van der Waals surface area contributed by atoms with Crippen LogP contribution in [0.5, 0.6) is 0 Å². The Morgan fingerprint density at radius 2 is 2.38 bits per heavy atom. The number of furan rings is 1. The minimum atomic E-state index is -0.692. The monoisotopic (exact) mass is 226 g/mol. The van der Waals surface area contributed by atoms with E-state index in [0.717, 1.165) is 18.9 Å². The molecule has 0 bridgehead atoms. The molecule has 7 nitrogen and oxygen atoms in total. The average Bonchev–Trinajstić information content (AvgIpc) is 2.86. The number of carbonyl (C=O) groups excluding carboxylic acids is 1. The SMILES string of the molecule is O=C(NC1CCCO1)c1ccc([N+](=O)[O-])o1. The predicted molar refractivity (Wildman–Crippen MR) is 51.8 cm³/mol. The van der Waals surface area contributed by atoms with Crippen LogP contribution in [0.1, 0.15) is 23.4 Å². The molecule has 1 aromatic heterocycles. The van der Waals surface area contributed by atoms with Crippen molar-refractivity contribution in [2.75, 3.05) is 6.61 Å². The largest absolute Gasteiger partial charge is 0.433 e. The summed E-state index contributed by atoms with van der Waals surface area (Å²) in [6.45, 7) is 0.614. The number of carbonyl (C=O) groups is 1. The fraction of sp³-hybridized carbons (Fsp3) is 0.444. The van der Waals surface area contributed by atoms with Gasteiger partial charge in [-0.1, -0.05) is 0 Å². The molecular weight excluding hydrogens is 216 g/mol. The first-order valence-corrected chi connectivity index (χ1v) is 4.83. The maximum absolute atomic E-state index is 11.5. The molecule has 86 valence electrons. The molecule has 2 rings (SSSR count). The molecule has 1 unspecified atom stereocenters. The van der Waals surface area contributed by atoms with Crippen LogP contribution in [0.3, 0.4) is 0 Å². The lowest BCUT2D eigenvalue weighted by atomic mass is 10.3. The maximum atomic E-state index is 11.5. The highest BCUT2D eigenvalue weighted by Gasteiger charge is 2.22. The van der Waals surface area contributed by atoms with Crippen LogP contribution >= 0.6 is 0 Å². The summed E-state index contributed by atoms with van der Waals surface area (Å²) in [5.41, 5.74) is 0. The summed E-state index contributed by atoms with van der Waals surface area (Å²) >= 11 is 0. The van der Waals surface area contributed by atoms with E-state index < -0.39 is 16.7 Å². The van der Waals surface area contributed by atoms with E-state index in [9.17, 15) is 14.9 Å². The van der Waals surface area contributed by atoms with Crippen LogP contribution in [-0.2, 0) is 4.74 Å². The fourth-order valence-corrected chi connectivity index (χ4v) is 1.46. The summed E-state index contributed by atoms with van der Waals surface area (Å²) in [5.74, 6) is -1.03. The second-order valence-corrected chi connectivity index (χ2v) is 3.37. The Morgan fingerprint density at radius 1 is 1.56 bits per heavy atom. The standard InChI is InChI=1S/C9H10N2O5/c12-9(10-7-2-1-5-15-7)6-3-4-8(16-6)11(13)14/h3-4,7H,1-2,5H2,(H,10,12). The van der Waals surface area contributed by atoms with Crippen LogP contribution in [0.4, 0.5) is 5.88 Å². The molecule has 1 amide bonds. The molecule has 1 aromatic rings. The van der Waals surface area contributed by atoms with Gasteiger partial charge in [-0.05, 0) is 18.9 Å². The van der Waals surface area contributed by atoms with Gasteiger partial charge in [-0.2, -0.15) is 0 Å². The van der Waals surface area contributed by atoms with Gasteiger partial charge in [0.1, 0.15) is 11.2 Å². The number of rotatable bonds is 3. The Kier molecular flexibility index (Phi) is 2.86. The first-order valence-electron chi connectivity index (χ1n) is 4.83. The Bertz CT molecular complexity index is 408. The predicted octanol–water partition coefficient (Wildman–Crippen LogP) is 1.05. The third-order valence-electron chi connectivity index (χ3n) is 2.22. The number of nitro groups is 1. The van der Waals surface area contributed by atoms with Gasteiger partial charge >= 0.3 is 5.88 Å². The van der Waals surface area contributed by atoms with Crippen LogP contribution in [-0.4, -0.2) is 23.7 Å². The summed E-state index contributed by atoms with van der Waals surface area (Å²) in [7, 11) is 0. The number of ether oxygens (including phenoxy) is 1. The van der Waals surface area contributed by atoms with Gasteiger partial charge in [0.15, 0.2) is 5.76 Å². The van der Waals surface area contributed by atoms with Crippen molar-refractivity contribution in [1.29, 1.82) is 0 Å². The highest BCUT2D eigenvalue weighted by Crippen LogP contribution is 2.16. The van der Waals surface area contributed by atoms with E-state index in [4.69, 9.17) is 9.15 Å². The number of hydrogen-bond donors (Lipinski definition) is 1. The van der Waals surface area contributed by atoms with E-state index in [2.05, 4.69) is 5.32 Å². The zero-order valence-electron chi connectivity index (χ0n) is 8.34. The van der Waals surface area contributed by atoms with Gasteiger partial charge in [-0.25, -0.2) is 0 Å². The fourth-order valence-electron chi connectivity index (χ4n) is 1.46. The second kappa shape index (κ2) is 4.31. The lowest BCUT2D eigenvalue weighted by molar-refractivity contribution is -0.402. The summed E-state index contributed by atoms with van der Waals surface area (Å²) < 4.78 is 9.94. The second-order valence-electron chi connectivity index (χ2n) is 3.37. The van der Waals surface area contributed by atoms with Gasteiger partial charge in [0, 0.05) is 6.61 Å². The van der Waals surface area contributed by atoms with Crippen molar-refractivity contribution in [1.82, 2.24) is 5.32 Å². The van der Waals surface area contributed by atoms with Gasteiger partial charge in [0.25, 0.3) is 5.91 Å². The zero-order valence-corrected chi connectivity index (χ0v) is 8.34. The molecule has 0 radical (unpaired) electrons. The molecule has 0 saturated carbocycles. The van der Waals surface area contributed by atoms with Crippen molar-refractivity contribution >= 4 is 11.8 Å². The Labute approximate surface area is 90.5 Å². The number of amides is 1. The molecular formula is C9H10N2O5. The smallest absolute Gasteiger partial charge is 0.395 e. The summed E-state index contributed by atoms with van der Waals surface area (Å²) in [6.07, 6.45) is 1.31. The molecule has 1 aliphatic heterocycles. The highest BCUT2D eigenvalue weighted by atomic mass is 16.6. The Hall–Kier alpha value is -1.89. The van der Waals surface area contributed by atoms with Gasteiger partial charge in [-0.3, -0.25) is 14.9 Å². The average molecular weight is 226 g/mol. The lowest BCUT2D eigenvalue weighted by Gasteiger charge is -2.09. The van der Waals surface area contributed by atoms with Gasteiger partial charge < -0.3 is 14.5 Å². The first kappa shape index (κ1) is 10.6. The highest BCUT2D eigenvalue weighted by molar-refractivity contribution is 5.91. The van der Waals surface area contributed by atoms with Crippen molar-refractivity contribution in [3.8, 4) is 0 Å². The molecule has 1 saturated heterocycles. The lowest BCUT2D eigenvalue weighted by Crippen LogP contribution is -2.33. The Morgan fingerprint density at radius 3 is 2.94 bits per heavy atom. The molecule has 0 aromatic carbocycles. The zero-order chi connectivity index (χ0) is 11.5. The van der Waals surface area contributed by atoms with Crippen LogP contribution in [0, 0.1) is 10.1 Å². The van der Waals surface area contributed by atoms with E-state index in [1.165, 1.54) is 6.07 Å². The van der Waals surface area contributed by atoms with Crippen molar-refractivity contribution in [2.24, 2.45) is 0 Å². The molecule has 7 heteroatoms. The third kappa shape index (κ3) is 2.19. The normalized spacial score (nSPS) is 19.6. The molecule has 2 heterocycles. The minimum Gasteiger partial charge on any atom is -0.395 e. The van der Waals surface area contributed by atoms with Gasteiger partial charge in [-0.15, -0.1) is 0 Å². The number of nitrogens with one attached hydrogen (secondary N) is 1. The van der Waals surface area contributed by atoms with Crippen molar-refractivity contribution in [3.63, 3.8) is 0 Å². The third-order valence-corrected chi connectivity index (χ3v) is 2.22. The van der Waals surface area contributed by atoms with Crippen molar-refractivity contribution in [3.05, 3.63) is 28.0 Å². The van der Waals surface area contributed by atoms with Crippen molar-refractivity contribution in [2.45, 2.75) is 19.1 Å². The molecule has 1 aliphatic rings. The van der Waals surface area contributed by atoms with Gasteiger partial charge in [0.05, 0.1) is 6.07 Å². The molecule has 0 spiro atoms. The van der Waals surface area contributed by atoms with Crippen LogP contribution in [0.15, 0.2) is 16.5 Å². The molecule has 1 N–H and O–H groups in total. The molecule has 1 atom stereocenters. The summed E-state index contributed by atoms with van der Waals surface area (Å²) in [6, 6.07) is 2.41. The van der Waals surface area contributed by atoms with E-state index in [-0.39, 0.29) is 12.0 Å². The quantitative estimate of drug-likeness (QED) is 0.614. The van der Waals surface area contributed by atoms with Crippen LogP contribution in [0.2, 0.25) is 0 Å². The van der Waals surface area contributed by atoms with Crippen LogP contribution in [0.25, 0.3) is 0 Å². The van der Waals surface area contributed by atoms with E-state index in [0.29, 0.717) is 6.61 Å². The molecule has 1 fully saturated rings. The Balaban J connectivity index is 1.99. The molecule has 0 aliphatic carbocycles. The maximum Gasteiger partial charge on any atom is 0.433 e. The molecule has 16 heavy (non-hydrogen) atoms. The van der Waals surface area contributed by atoms with Crippen molar-refractivity contribution < 1.29 is 18.9 Å². The number of hydrogen-bond acceptors (Lipinski definition) is 5. The number of nitrogens with zero attached hydrogens (tertiary/aromatic N) is 1.